The van der Waals surface area contributed by atoms with Crippen molar-refractivity contribution in [1.82, 2.24) is 0 Å². The normalized spacial score (nSPS) is 10.3. The van der Waals surface area contributed by atoms with Gasteiger partial charge < -0.3 is 0 Å². The molecule has 0 aromatic heterocycles. The molecule has 2 aromatic rings. The van der Waals surface area contributed by atoms with Gasteiger partial charge in [0.2, 0.25) is 0 Å². The van der Waals surface area contributed by atoms with Crippen molar-refractivity contribution in [2.75, 3.05) is 0 Å². The fourth-order valence-electron chi connectivity index (χ4n) is 1.60. The zero-order valence-corrected chi connectivity index (χ0v) is 9.96. The number of hydrogen-bond donors (Lipinski definition) is 0. The van der Waals surface area contributed by atoms with Gasteiger partial charge >= 0.3 is 0 Å². The van der Waals surface area contributed by atoms with E-state index in [9.17, 15) is 9.18 Å². The number of rotatable bonds is 2. The fourth-order valence-corrected chi connectivity index (χ4v) is 1.83. The van der Waals surface area contributed by atoms with E-state index in [1.165, 1.54) is 25.1 Å². The van der Waals surface area contributed by atoms with Crippen LogP contribution < -0.4 is 0 Å². The molecule has 0 saturated heterocycles. The van der Waals surface area contributed by atoms with Gasteiger partial charge in [-0.05, 0) is 30.7 Å². The summed E-state index contributed by atoms with van der Waals surface area (Å²) in [7, 11) is 0. The van der Waals surface area contributed by atoms with Crippen LogP contribution in [-0.2, 0) is 0 Å². The molecule has 0 aliphatic rings. The van der Waals surface area contributed by atoms with E-state index in [1.807, 2.05) is 0 Å². The Hall–Kier alpha value is -1.67. The van der Waals surface area contributed by atoms with E-state index < -0.39 is 0 Å². The first-order valence-corrected chi connectivity index (χ1v) is 5.52. The first-order chi connectivity index (χ1) is 8.08. The van der Waals surface area contributed by atoms with Gasteiger partial charge in [-0.1, -0.05) is 35.9 Å². The molecular formula is C14H10ClFO. The van der Waals surface area contributed by atoms with Gasteiger partial charge in [-0.25, -0.2) is 4.39 Å². The zero-order valence-electron chi connectivity index (χ0n) is 9.21. The van der Waals surface area contributed by atoms with Crippen LogP contribution in [-0.4, -0.2) is 5.78 Å². The molecule has 2 rings (SSSR count). The Balaban J connectivity index is 2.46. The van der Waals surface area contributed by atoms with Gasteiger partial charge in [0.15, 0.2) is 5.78 Å². The highest BCUT2D eigenvalue weighted by Gasteiger charge is 2.06. The maximum absolute atomic E-state index is 13.1. The summed E-state index contributed by atoms with van der Waals surface area (Å²) in [6.45, 7) is 1.50. The van der Waals surface area contributed by atoms with Gasteiger partial charge in [0.25, 0.3) is 0 Å². The van der Waals surface area contributed by atoms with Crippen LogP contribution >= 0.6 is 11.6 Å². The van der Waals surface area contributed by atoms with Crippen molar-refractivity contribution in [3.05, 3.63) is 58.9 Å². The molecule has 1 nitrogen and oxygen atoms in total. The predicted octanol–water partition coefficient (Wildman–Crippen LogP) is 4.35. The Bertz CT molecular complexity index is 561. The van der Waals surface area contributed by atoms with E-state index in [0.717, 1.165) is 5.56 Å². The second kappa shape index (κ2) is 4.68. The number of hydrogen-bond acceptors (Lipinski definition) is 1. The molecule has 0 bridgehead atoms. The van der Waals surface area contributed by atoms with Crippen LogP contribution in [0.4, 0.5) is 4.39 Å². The summed E-state index contributed by atoms with van der Waals surface area (Å²) in [6.07, 6.45) is 0. The minimum absolute atomic E-state index is 0.00175. The summed E-state index contributed by atoms with van der Waals surface area (Å²) in [5, 5.41) is 0.488. The van der Waals surface area contributed by atoms with E-state index in [4.69, 9.17) is 11.6 Å². The number of Topliss-reactive ketones (excluding diaryl/α,β-unsaturated/α-hetero) is 1. The summed E-state index contributed by atoms with van der Waals surface area (Å²) < 4.78 is 13.1. The van der Waals surface area contributed by atoms with Crippen molar-refractivity contribution in [2.45, 2.75) is 6.92 Å². The smallest absolute Gasteiger partial charge is 0.159 e. The predicted molar refractivity (Wildman–Crippen MR) is 66.9 cm³/mol. The second-order valence-corrected chi connectivity index (χ2v) is 4.16. The van der Waals surface area contributed by atoms with Crippen molar-refractivity contribution >= 4 is 17.4 Å². The first kappa shape index (κ1) is 11.8. The third-order valence-corrected chi connectivity index (χ3v) is 2.86. The lowest BCUT2D eigenvalue weighted by Crippen LogP contribution is -1.91. The number of carbonyl (C=O) groups excluding carboxylic acids is 1. The Morgan fingerprint density at radius 1 is 1.12 bits per heavy atom. The highest BCUT2D eigenvalue weighted by atomic mass is 35.5. The summed E-state index contributed by atoms with van der Waals surface area (Å²) >= 11 is 6.00. The summed E-state index contributed by atoms with van der Waals surface area (Å²) in [6, 6.07) is 11.2. The highest BCUT2D eigenvalue weighted by Crippen LogP contribution is 2.28. The molecule has 0 amide bonds. The van der Waals surface area contributed by atoms with Crippen molar-refractivity contribution in [1.29, 1.82) is 0 Å². The maximum atomic E-state index is 13.1. The van der Waals surface area contributed by atoms with Gasteiger partial charge in [0.1, 0.15) is 5.82 Å². The van der Waals surface area contributed by atoms with Crippen molar-refractivity contribution in [3.8, 4) is 11.1 Å². The van der Waals surface area contributed by atoms with Crippen molar-refractivity contribution in [2.24, 2.45) is 0 Å². The van der Waals surface area contributed by atoms with Crippen LogP contribution in [0.3, 0.4) is 0 Å². The molecule has 86 valence electrons. The zero-order chi connectivity index (χ0) is 12.4. The largest absolute Gasteiger partial charge is 0.295 e. The third-order valence-electron chi connectivity index (χ3n) is 2.53. The van der Waals surface area contributed by atoms with Gasteiger partial charge in [0, 0.05) is 16.1 Å². The number of ketones is 1. The Morgan fingerprint density at radius 2 is 1.76 bits per heavy atom. The van der Waals surface area contributed by atoms with E-state index in [2.05, 4.69) is 0 Å². The Kier molecular flexibility index (Phi) is 3.25. The fraction of sp³-hybridized carbons (Fsp3) is 0.0714. The third kappa shape index (κ3) is 2.53. The molecule has 0 fully saturated rings. The molecular weight excluding hydrogens is 239 g/mol. The van der Waals surface area contributed by atoms with Crippen LogP contribution in [0.1, 0.15) is 17.3 Å². The number of halogens is 2. The molecule has 17 heavy (non-hydrogen) atoms. The van der Waals surface area contributed by atoms with Crippen LogP contribution in [0.15, 0.2) is 42.5 Å². The quantitative estimate of drug-likeness (QED) is 0.722. The second-order valence-electron chi connectivity index (χ2n) is 3.76. The number of carbonyl (C=O) groups is 1. The standard InChI is InChI=1S/C14H10ClFO/c1-9(17)10-2-4-11(5-3-10)13-8-12(16)6-7-14(13)15/h2-8H,1H3. The molecule has 0 spiro atoms. The minimum Gasteiger partial charge on any atom is -0.295 e. The SMILES string of the molecule is CC(=O)c1ccc(-c2cc(F)ccc2Cl)cc1. The average Bonchev–Trinajstić information content (AvgIpc) is 2.32. The van der Waals surface area contributed by atoms with E-state index >= 15 is 0 Å². The van der Waals surface area contributed by atoms with Crippen LogP contribution in [0.25, 0.3) is 11.1 Å². The Morgan fingerprint density at radius 3 is 2.35 bits per heavy atom. The lowest BCUT2D eigenvalue weighted by molar-refractivity contribution is 0.101. The lowest BCUT2D eigenvalue weighted by atomic mass is 10.0. The molecule has 0 heterocycles. The molecule has 0 unspecified atom stereocenters. The summed E-state index contributed by atoms with van der Waals surface area (Å²) in [5.74, 6) is -0.332. The Labute approximate surface area is 104 Å². The van der Waals surface area contributed by atoms with Gasteiger partial charge in [-0.2, -0.15) is 0 Å². The molecule has 0 saturated carbocycles. The van der Waals surface area contributed by atoms with Crippen LogP contribution in [0.5, 0.6) is 0 Å². The maximum Gasteiger partial charge on any atom is 0.159 e. The molecule has 0 radical (unpaired) electrons. The first-order valence-electron chi connectivity index (χ1n) is 5.14. The molecule has 0 aliphatic heterocycles. The lowest BCUT2D eigenvalue weighted by Gasteiger charge is -2.05. The monoisotopic (exact) mass is 248 g/mol. The van der Waals surface area contributed by atoms with Gasteiger partial charge in [0.05, 0.1) is 0 Å². The minimum atomic E-state index is -0.333. The molecule has 2 aromatic carbocycles. The van der Waals surface area contributed by atoms with E-state index in [-0.39, 0.29) is 11.6 Å². The van der Waals surface area contributed by atoms with Crippen molar-refractivity contribution < 1.29 is 9.18 Å². The van der Waals surface area contributed by atoms with Gasteiger partial charge in [-0.15, -0.1) is 0 Å². The molecule has 0 N–H and O–H groups in total. The van der Waals surface area contributed by atoms with E-state index in [0.29, 0.717) is 16.1 Å². The summed E-state index contributed by atoms with van der Waals surface area (Å²) in [4.78, 5) is 11.1. The molecule has 0 aliphatic carbocycles. The van der Waals surface area contributed by atoms with Gasteiger partial charge in [-0.3, -0.25) is 4.79 Å². The number of benzene rings is 2. The van der Waals surface area contributed by atoms with Crippen LogP contribution in [0.2, 0.25) is 5.02 Å². The van der Waals surface area contributed by atoms with E-state index in [1.54, 1.807) is 24.3 Å². The highest BCUT2D eigenvalue weighted by molar-refractivity contribution is 6.33. The topological polar surface area (TPSA) is 17.1 Å². The molecule has 3 heteroatoms. The van der Waals surface area contributed by atoms with Crippen molar-refractivity contribution in [3.63, 3.8) is 0 Å². The average molecular weight is 249 g/mol. The van der Waals surface area contributed by atoms with Crippen LogP contribution in [0, 0.1) is 5.82 Å². The summed E-state index contributed by atoms with van der Waals surface area (Å²) in [5.41, 5.74) is 2.04. The molecule has 0 atom stereocenters.